The van der Waals surface area contributed by atoms with Crippen LogP contribution >= 0.6 is 34.8 Å². The summed E-state index contributed by atoms with van der Waals surface area (Å²) in [6.45, 7) is 2.42. The van der Waals surface area contributed by atoms with Crippen LogP contribution in [0.25, 0.3) is 0 Å². The van der Waals surface area contributed by atoms with Gasteiger partial charge in [-0.25, -0.2) is 0 Å². The van der Waals surface area contributed by atoms with Gasteiger partial charge in [0.15, 0.2) is 6.29 Å². The number of hydrogen-bond acceptors (Lipinski definition) is 6. The summed E-state index contributed by atoms with van der Waals surface area (Å²) in [4.78, 5) is 14.0. The number of nitrogens with one attached hydrogen (secondary N) is 1. The molecule has 2 aliphatic heterocycles. The van der Waals surface area contributed by atoms with Crippen LogP contribution in [-0.4, -0.2) is 56.7 Å². The molecular formula is C25H29Cl3N2O5. The van der Waals surface area contributed by atoms with Gasteiger partial charge in [0.2, 0.25) is 0 Å². The predicted octanol–water partition coefficient (Wildman–Crippen LogP) is 3.78. The monoisotopic (exact) mass is 542 g/mol. The smallest absolute Gasteiger partial charge is 0.272 e. The molecule has 2 saturated heterocycles. The lowest BCUT2D eigenvalue weighted by Gasteiger charge is -2.37. The summed E-state index contributed by atoms with van der Waals surface area (Å²) in [6.07, 6.45) is 0.334. The molecule has 0 aromatic heterocycles. The van der Waals surface area contributed by atoms with Crippen molar-refractivity contribution in [3.63, 3.8) is 0 Å². The molecule has 4 rings (SSSR count). The van der Waals surface area contributed by atoms with Crippen molar-refractivity contribution in [2.45, 2.75) is 54.4 Å². The lowest BCUT2D eigenvalue weighted by molar-refractivity contribution is -0.252. The fourth-order valence-corrected chi connectivity index (χ4v) is 4.57. The first-order valence-corrected chi connectivity index (χ1v) is 12.7. The number of rotatable bonds is 7. The Morgan fingerprint density at radius 2 is 1.69 bits per heavy atom. The number of alkyl halides is 3. The number of likely N-dealkylation sites (tertiary alicyclic amines) is 1. The number of hydrogen-bond donors (Lipinski definition) is 3. The highest BCUT2D eigenvalue weighted by Gasteiger charge is 2.34. The Labute approximate surface area is 219 Å². The molecule has 2 aromatic carbocycles. The summed E-state index contributed by atoms with van der Waals surface area (Å²) >= 11 is 16.8. The molecule has 190 valence electrons. The Balaban J connectivity index is 1.46. The highest BCUT2D eigenvalue weighted by molar-refractivity contribution is 6.76. The van der Waals surface area contributed by atoms with Crippen molar-refractivity contribution in [1.82, 2.24) is 10.2 Å². The molecule has 7 nitrogen and oxygen atoms in total. The van der Waals surface area contributed by atoms with Gasteiger partial charge in [0, 0.05) is 38.2 Å². The minimum atomic E-state index is -2.01. The van der Waals surface area contributed by atoms with Crippen molar-refractivity contribution in [1.29, 1.82) is 0 Å². The molecule has 10 heteroatoms. The number of aliphatic hydroxyl groups is 2. The Morgan fingerprint density at radius 3 is 2.29 bits per heavy atom. The number of carbonyl (C=O) groups excluding carboxylic acids is 1. The Morgan fingerprint density at radius 1 is 1.03 bits per heavy atom. The zero-order chi connectivity index (χ0) is 25.0. The van der Waals surface area contributed by atoms with Gasteiger partial charge >= 0.3 is 0 Å². The number of benzene rings is 2. The quantitative estimate of drug-likeness (QED) is 0.461. The number of nitrogens with zero attached hydrogens (tertiary/aromatic N) is 1. The van der Waals surface area contributed by atoms with Crippen LogP contribution < -0.4 is 5.32 Å². The zero-order valence-corrected chi connectivity index (χ0v) is 21.3. The molecule has 2 aliphatic rings. The summed E-state index contributed by atoms with van der Waals surface area (Å²) in [5, 5.41) is 21.9. The molecular weight excluding hydrogens is 515 g/mol. The van der Waals surface area contributed by atoms with Crippen LogP contribution in [0.3, 0.4) is 0 Å². The largest absolute Gasteiger partial charge is 0.392 e. The van der Waals surface area contributed by atoms with Crippen LogP contribution in [-0.2, 0) is 27.4 Å². The minimum Gasteiger partial charge on any atom is -0.392 e. The molecule has 0 spiro atoms. The fraction of sp³-hybridized carbons (Fsp3) is 0.480. The van der Waals surface area contributed by atoms with Crippen LogP contribution in [0.15, 0.2) is 48.5 Å². The predicted molar refractivity (Wildman–Crippen MR) is 134 cm³/mol. The average molecular weight is 544 g/mol. The highest BCUT2D eigenvalue weighted by Crippen LogP contribution is 2.38. The Hall–Kier alpha value is -1.42. The Kier molecular flexibility index (Phi) is 8.94. The Bertz CT molecular complexity index is 984. The van der Waals surface area contributed by atoms with Crippen LogP contribution in [0.5, 0.6) is 0 Å². The first-order valence-electron chi connectivity index (χ1n) is 11.6. The molecule has 0 aliphatic carbocycles. The van der Waals surface area contributed by atoms with Gasteiger partial charge in [0.25, 0.3) is 9.70 Å². The second kappa shape index (κ2) is 11.8. The van der Waals surface area contributed by atoms with E-state index in [-0.39, 0.29) is 31.5 Å². The summed E-state index contributed by atoms with van der Waals surface area (Å²) < 4.78 is 10.7. The van der Waals surface area contributed by atoms with E-state index in [0.717, 1.165) is 35.2 Å². The summed E-state index contributed by atoms with van der Waals surface area (Å²) in [6, 6.07) is 15.3. The first kappa shape index (κ1) is 26.6. The van der Waals surface area contributed by atoms with Crippen LogP contribution in [0.2, 0.25) is 0 Å². The summed E-state index contributed by atoms with van der Waals surface area (Å²) in [7, 11) is 0. The van der Waals surface area contributed by atoms with E-state index < -0.39 is 16.0 Å². The number of aliphatic hydroxyl groups excluding tert-OH is 2. The standard InChI is InChI=1S/C25H29Cl3N2O5/c26-25(27,28)24(33)29-12-16-1-7-19(8-2-16)23-34-21(14-30-10-9-20(32)13-30)11-22(35-23)18-5-3-17(15-31)4-6-18/h1-8,20-23,31-32H,9-15H2,(H,29,33)/t20-,21-,22+,23+/m0/s1. The number of ether oxygens (including phenoxy) is 2. The van der Waals surface area contributed by atoms with E-state index >= 15 is 0 Å². The molecule has 2 fully saturated rings. The van der Waals surface area contributed by atoms with Gasteiger partial charge in [-0.2, -0.15) is 0 Å². The number of halogens is 3. The highest BCUT2D eigenvalue weighted by atomic mass is 35.6. The maximum absolute atomic E-state index is 11.8. The molecule has 0 radical (unpaired) electrons. The van der Waals surface area contributed by atoms with E-state index in [1.54, 1.807) is 0 Å². The van der Waals surface area contributed by atoms with Crippen LogP contribution in [0, 0.1) is 0 Å². The molecule has 2 aromatic rings. The first-order chi connectivity index (χ1) is 16.7. The summed E-state index contributed by atoms with van der Waals surface area (Å²) in [5.74, 6) is -0.685. The van der Waals surface area contributed by atoms with Gasteiger partial charge in [-0.3, -0.25) is 9.69 Å². The van der Waals surface area contributed by atoms with Crippen molar-refractivity contribution < 1.29 is 24.5 Å². The second-order valence-corrected chi connectivity index (χ2v) is 11.3. The fourth-order valence-electron chi connectivity index (χ4n) is 4.37. The molecule has 0 bridgehead atoms. The topological polar surface area (TPSA) is 91.3 Å². The molecule has 0 saturated carbocycles. The third-order valence-electron chi connectivity index (χ3n) is 6.29. The minimum absolute atomic E-state index is 0.00802. The molecule has 4 atom stereocenters. The van der Waals surface area contributed by atoms with Gasteiger partial charge in [0.05, 0.1) is 24.9 Å². The average Bonchev–Trinajstić information content (AvgIpc) is 3.26. The van der Waals surface area contributed by atoms with Crippen molar-refractivity contribution in [3.05, 3.63) is 70.8 Å². The van der Waals surface area contributed by atoms with Crippen LogP contribution in [0.4, 0.5) is 0 Å². The third-order valence-corrected chi connectivity index (χ3v) is 6.80. The SMILES string of the molecule is O=C(NCc1ccc([C@@H]2O[C@H](CN3CC[C@H](O)C3)C[C@H](c3ccc(CO)cc3)O2)cc1)C(Cl)(Cl)Cl. The molecule has 0 unspecified atom stereocenters. The molecule has 35 heavy (non-hydrogen) atoms. The second-order valence-electron chi connectivity index (χ2n) is 8.97. The van der Waals surface area contributed by atoms with Gasteiger partial charge in [-0.15, -0.1) is 0 Å². The van der Waals surface area contributed by atoms with Crippen molar-refractivity contribution in [2.75, 3.05) is 19.6 Å². The van der Waals surface area contributed by atoms with Gasteiger partial charge in [0.1, 0.15) is 0 Å². The lowest BCUT2D eigenvalue weighted by Crippen LogP contribution is -2.38. The van der Waals surface area contributed by atoms with Crippen molar-refractivity contribution in [3.8, 4) is 0 Å². The maximum Gasteiger partial charge on any atom is 0.272 e. The van der Waals surface area contributed by atoms with Crippen LogP contribution in [0.1, 0.15) is 47.5 Å². The van der Waals surface area contributed by atoms with Gasteiger partial charge < -0.3 is 25.0 Å². The normalized spacial score (nSPS) is 25.5. The van der Waals surface area contributed by atoms with E-state index in [9.17, 15) is 15.0 Å². The zero-order valence-electron chi connectivity index (χ0n) is 19.1. The van der Waals surface area contributed by atoms with Gasteiger partial charge in [-0.05, 0) is 23.1 Å². The number of amides is 1. The van der Waals surface area contributed by atoms with E-state index in [4.69, 9.17) is 44.3 Å². The van der Waals surface area contributed by atoms with Gasteiger partial charge in [-0.1, -0.05) is 83.3 Å². The number of β-amino-alcohol motifs (C(OH)–C–C–N with tert-alkyl or cyclic N) is 1. The molecule has 1 amide bonds. The number of carbonyl (C=O) groups is 1. The van der Waals surface area contributed by atoms with E-state index in [1.807, 2.05) is 48.5 Å². The van der Waals surface area contributed by atoms with Crippen molar-refractivity contribution >= 4 is 40.7 Å². The third kappa shape index (κ3) is 7.31. The summed E-state index contributed by atoms with van der Waals surface area (Å²) in [5.41, 5.74) is 3.56. The molecule has 2 heterocycles. The molecule has 3 N–H and O–H groups in total. The maximum atomic E-state index is 11.8. The van der Waals surface area contributed by atoms with E-state index in [0.29, 0.717) is 19.5 Å². The van der Waals surface area contributed by atoms with Crippen molar-refractivity contribution in [2.24, 2.45) is 0 Å². The lowest BCUT2D eigenvalue weighted by atomic mass is 9.99. The van der Waals surface area contributed by atoms with E-state index in [2.05, 4.69) is 10.2 Å². The van der Waals surface area contributed by atoms with E-state index in [1.165, 1.54) is 0 Å².